The number of aliphatic hydroxyl groups excluding tert-OH is 1. The molecular formula is C16H23N3O5. The zero-order valence-corrected chi connectivity index (χ0v) is 14.2. The van der Waals surface area contributed by atoms with Crippen LogP contribution in [0.5, 0.6) is 11.5 Å². The fraction of sp³-hybridized carbons (Fsp3) is 0.500. The molecule has 0 aromatic heterocycles. The lowest BCUT2D eigenvalue weighted by molar-refractivity contribution is -0.130. The molecule has 8 heteroatoms. The molecule has 8 nitrogen and oxygen atoms in total. The van der Waals surface area contributed by atoms with Crippen molar-refractivity contribution < 1.29 is 24.2 Å². The summed E-state index contributed by atoms with van der Waals surface area (Å²) < 4.78 is 10.5. The molecule has 1 aromatic rings. The highest BCUT2D eigenvalue weighted by atomic mass is 16.5. The van der Waals surface area contributed by atoms with Crippen molar-refractivity contribution in [2.24, 2.45) is 0 Å². The summed E-state index contributed by atoms with van der Waals surface area (Å²) in [6.07, 6.45) is 0. The number of carbonyl (C=O) groups excluding carboxylic acids is 2. The van der Waals surface area contributed by atoms with E-state index in [9.17, 15) is 9.59 Å². The average molecular weight is 337 g/mol. The van der Waals surface area contributed by atoms with E-state index in [2.05, 4.69) is 0 Å². The number of anilines is 1. The third-order valence-corrected chi connectivity index (χ3v) is 3.96. The lowest BCUT2D eigenvalue weighted by atomic mass is 10.2. The molecule has 0 spiro atoms. The number of nitrogens with zero attached hydrogens (tertiary/aromatic N) is 3. The Labute approximate surface area is 141 Å². The van der Waals surface area contributed by atoms with Gasteiger partial charge in [-0.2, -0.15) is 0 Å². The van der Waals surface area contributed by atoms with Crippen LogP contribution in [0.4, 0.5) is 10.5 Å². The van der Waals surface area contributed by atoms with Gasteiger partial charge in [-0.1, -0.05) is 0 Å². The number of hydrogen-bond acceptors (Lipinski definition) is 5. The first-order chi connectivity index (χ1) is 11.5. The van der Waals surface area contributed by atoms with Crippen LogP contribution in [0.2, 0.25) is 0 Å². The van der Waals surface area contributed by atoms with Crippen LogP contribution in [0, 0.1) is 0 Å². The predicted molar refractivity (Wildman–Crippen MR) is 88.6 cm³/mol. The van der Waals surface area contributed by atoms with Crippen LogP contribution in [-0.2, 0) is 4.79 Å². The SMILES string of the molecule is COc1ccc(N2CCN(CC(=O)N(C)CCO)C2=O)cc1OC. The Hall–Kier alpha value is -2.48. The monoisotopic (exact) mass is 337 g/mol. The van der Waals surface area contributed by atoms with E-state index in [0.717, 1.165) is 0 Å². The van der Waals surface area contributed by atoms with Crippen molar-refractivity contribution in [3.63, 3.8) is 0 Å². The van der Waals surface area contributed by atoms with E-state index in [0.29, 0.717) is 30.3 Å². The van der Waals surface area contributed by atoms with Gasteiger partial charge in [-0.3, -0.25) is 9.69 Å². The summed E-state index contributed by atoms with van der Waals surface area (Å²) >= 11 is 0. The molecule has 0 bridgehead atoms. The lowest BCUT2D eigenvalue weighted by Crippen LogP contribution is -2.41. The molecule has 1 aliphatic rings. The molecule has 0 unspecified atom stereocenters. The van der Waals surface area contributed by atoms with E-state index < -0.39 is 0 Å². The second-order valence-corrected chi connectivity index (χ2v) is 5.43. The largest absolute Gasteiger partial charge is 0.493 e. The van der Waals surface area contributed by atoms with Gasteiger partial charge in [-0.05, 0) is 12.1 Å². The van der Waals surface area contributed by atoms with Crippen LogP contribution in [0.3, 0.4) is 0 Å². The van der Waals surface area contributed by atoms with Gasteiger partial charge in [-0.25, -0.2) is 4.79 Å². The third-order valence-electron chi connectivity index (χ3n) is 3.96. The summed E-state index contributed by atoms with van der Waals surface area (Å²) in [5.74, 6) is 0.928. The minimum Gasteiger partial charge on any atom is -0.493 e. The Morgan fingerprint density at radius 1 is 1.25 bits per heavy atom. The summed E-state index contributed by atoms with van der Waals surface area (Å²) in [6, 6.07) is 5.03. The lowest BCUT2D eigenvalue weighted by Gasteiger charge is -2.22. The van der Waals surface area contributed by atoms with Gasteiger partial charge in [0, 0.05) is 38.4 Å². The standard InChI is InChI=1S/C16H23N3O5/c1-17(8-9-20)15(21)11-18-6-7-19(16(18)22)12-4-5-13(23-2)14(10-12)24-3/h4-5,10,20H,6-9,11H2,1-3H3. The number of benzene rings is 1. The molecule has 1 saturated heterocycles. The van der Waals surface area contributed by atoms with Crippen molar-refractivity contribution in [3.8, 4) is 11.5 Å². The van der Waals surface area contributed by atoms with Gasteiger partial charge in [0.15, 0.2) is 11.5 Å². The van der Waals surface area contributed by atoms with E-state index in [1.54, 1.807) is 37.3 Å². The van der Waals surface area contributed by atoms with Crippen LogP contribution < -0.4 is 14.4 Å². The molecular weight excluding hydrogens is 314 g/mol. The first kappa shape index (κ1) is 17.9. The molecule has 0 atom stereocenters. The van der Waals surface area contributed by atoms with Crippen molar-refractivity contribution in [3.05, 3.63) is 18.2 Å². The third kappa shape index (κ3) is 3.70. The second-order valence-electron chi connectivity index (χ2n) is 5.43. The topological polar surface area (TPSA) is 82.5 Å². The van der Waals surface area contributed by atoms with Gasteiger partial charge in [0.2, 0.25) is 5.91 Å². The molecule has 0 radical (unpaired) electrons. The summed E-state index contributed by atoms with van der Waals surface area (Å²) in [5.41, 5.74) is 0.691. The number of methoxy groups -OCH3 is 2. The van der Waals surface area contributed by atoms with Gasteiger partial charge in [0.1, 0.15) is 6.54 Å². The maximum absolute atomic E-state index is 12.5. The van der Waals surface area contributed by atoms with Crippen LogP contribution in [0.1, 0.15) is 0 Å². The highest BCUT2D eigenvalue weighted by Gasteiger charge is 2.31. The quantitative estimate of drug-likeness (QED) is 0.779. The first-order valence-electron chi connectivity index (χ1n) is 7.65. The maximum atomic E-state index is 12.5. The van der Waals surface area contributed by atoms with E-state index >= 15 is 0 Å². The van der Waals surface area contributed by atoms with E-state index in [1.165, 1.54) is 16.9 Å². The molecule has 0 saturated carbocycles. The van der Waals surface area contributed by atoms with E-state index in [-0.39, 0.29) is 31.6 Å². The van der Waals surface area contributed by atoms with Gasteiger partial charge in [0.05, 0.1) is 20.8 Å². The molecule has 2 rings (SSSR count). The van der Waals surface area contributed by atoms with Crippen molar-refractivity contribution in [2.45, 2.75) is 0 Å². The van der Waals surface area contributed by atoms with Crippen LogP contribution >= 0.6 is 0 Å². The van der Waals surface area contributed by atoms with E-state index in [4.69, 9.17) is 14.6 Å². The van der Waals surface area contributed by atoms with Gasteiger partial charge >= 0.3 is 6.03 Å². The Morgan fingerprint density at radius 3 is 2.58 bits per heavy atom. The van der Waals surface area contributed by atoms with Gasteiger partial charge in [0.25, 0.3) is 0 Å². The molecule has 132 valence electrons. The smallest absolute Gasteiger partial charge is 0.325 e. The molecule has 3 amide bonds. The minimum atomic E-state index is -0.229. The molecule has 1 aliphatic heterocycles. The van der Waals surface area contributed by atoms with Crippen LogP contribution in [-0.4, -0.2) is 80.9 Å². The number of hydrogen-bond donors (Lipinski definition) is 1. The molecule has 1 heterocycles. The number of ether oxygens (including phenoxy) is 2. The molecule has 1 N–H and O–H groups in total. The normalized spacial score (nSPS) is 14.1. The number of rotatable bonds is 7. The second kappa shape index (κ2) is 7.87. The Kier molecular flexibility index (Phi) is 5.86. The first-order valence-corrected chi connectivity index (χ1v) is 7.65. The Balaban J connectivity index is 2.07. The molecule has 24 heavy (non-hydrogen) atoms. The summed E-state index contributed by atoms with van der Waals surface area (Å²) in [7, 11) is 4.69. The highest BCUT2D eigenvalue weighted by Crippen LogP contribution is 2.32. The zero-order chi connectivity index (χ0) is 17.7. The molecule has 1 aromatic carbocycles. The van der Waals surface area contributed by atoms with Crippen molar-refractivity contribution >= 4 is 17.6 Å². The number of aliphatic hydroxyl groups is 1. The summed E-state index contributed by atoms with van der Waals surface area (Å²) in [5, 5.41) is 8.88. The summed E-state index contributed by atoms with van der Waals surface area (Å²) in [6.45, 7) is 1.10. The Morgan fingerprint density at radius 2 is 1.96 bits per heavy atom. The summed E-state index contributed by atoms with van der Waals surface area (Å²) in [4.78, 5) is 29.1. The van der Waals surface area contributed by atoms with Crippen LogP contribution in [0.15, 0.2) is 18.2 Å². The van der Waals surface area contributed by atoms with Crippen molar-refractivity contribution in [2.75, 3.05) is 59.0 Å². The average Bonchev–Trinajstić information content (AvgIpc) is 2.95. The molecule has 0 aliphatic carbocycles. The van der Waals surface area contributed by atoms with Crippen LogP contribution in [0.25, 0.3) is 0 Å². The maximum Gasteiger partial charge on any atom is 0.325 e. The van der Waals surface area contributed by atoms with Crippen molar-refractivity contribution in [1.82, 2.24) is 9.80 Å². The zero-order valence-electron chi connectivity index (χ0n) is 14.2. The number of urea groups is 1. The fourth-order valence-electron chi connectivity index (χ4n) is 2.52. The predicted octanol–water partition coefficient (Wildman–Crippen LogP) is 0.397. The van der Waals surface area contributed by atoms with Gasteiger partial charge < -0.3 is 24.4 Å². The number of carbonyl (C=O) groups is 2. The highest BCUT2D eigenvalue weighted by molar-refractivity contribution is 5.96. The number of amides is 3. The fourth-order valence-corrected chi connectivity index (χ4v) is 2.52. The minimum absolute atomic E-state index is 0.000870. The van der Waals surface area contributed by atoms with E-state index in [1.807, 2.05) is 0 Å². The van der Waals surface area contributed by atoms with Gasteiger partial charge in [-0.15, -0.1) is 0 Å². The van der Waals surface area contributed by atoms with Crippen molar-refractivity contribution in [1.29, 1.82) is 0 Å². The Bertz CT molecular complexity index is 607. The number of likely N-dealkylation sites (N-methyl/N-ethyl adjacent to an activating group) is 1. The molecule has 1 fully saturated rings.